The summed E-state index contributed by atoms with van der Waals surface area (Å²) in [5, 5.41) is 12.9. The number of hydrogen-bond acceptors (Lipinski definition) is 9. The van der Waals surface area contributed by atoms with Crippen LogP contribution < -0.4 is 11.1 Å². The summed E-state index contributed by atoms with van der Waals surface area (Å²) in [6.45, 7) is 0. The minimum Gasteiger partial charge on any atom is -0.507 e. The number of nitrogens with one attached hydrogen (secondary N) is 1. The highest BCUT2D eigenvalue weighted by atomic mass is 16.3. The molecule has 0 aliphatic heterocycles. The van der Waals surface area contributed by atoms with Crippen LogP contribution in [0.25, 0.3) is 39.5 Å². The minimum atomic E-state index is -0.318. The molecule has 1 aliphatic carbocycles. The van der Waals surface area contributed by atoms with Crippen LogP contribution in [-0.2, 0) is 6.42 Å². The van der Waals surface area contributed by atoms with Crippen molar-refractivity contribution in [2.24, 2.45) is 0 Å². The fourth-order valence-corrected chi connectivity index (χ4v) is 5.51. The zero-order valence-electron chi connectivity index (χ0n) is 22.7. The number of fused-ring (bicyclic) bond motifs is 2. The van der Waals surface area contributed by atoms with Gasteiger partial charge in [-0.15, -0.1) is 0 Å². The van der Waals surface area contributed by atoms with E-state index in [1.54, 1.807) is 18.6 Å². The van der Waals surface area contributed by atoms with Crippen LogP contribution in [0.5, 0.6) is 5.75 Å². The van der Waals surface area contributed by atoms with Crippen LogP contribution in [0.2, 0.25) is 0 Å². The highest BCUT2D eigenvalue weighted by molar-refractivity contribution is 5.96. The molecule has 2 aromatic carbocycles. The summed E-state index contributed by atoms with van der Waals surface area (Å²) < 4.78 is 1.97. The van der Waals surface area contributed by atoms with Gasteiger partial charge in [-0.2, -0.15) is 0 Å². The molecule has 1 aliphatic rings. The Morgan fingerprint density at radius 1 is 1.05 bits per heavy atom. The Balaban J connectivity index is 1.29. The van der Waals surface area contributed by atoms with Crippen LogP contribution in [0, 0.1) is 0 Å². The number of carbonyl (C=O) groups is 2. The number of imidazole rings is 1. The molecule has 1 atom stereocenters. The summed E-state index contributed by atoms with van der Waals surface area (Å²) in [6.07, 6.45) is 8.53. The summed E-state index contributed by atoms with van der Waals surface area (Å²) in [4.78, 5) is 46.6. The highest BCUT2D eigenvalue weighted by Crippen LogP contribution is 2.36. The van der Waals surface area contributed by atoms with Gasteiger partial charge in [0.1, 0.15) is 23.4 Å². The third-order valence-electron chi connectivity index (χ3n) is 7.62. The number of rotatable bonds is 6. The summed E-state index contributed by atoms with van der Waals surface area (Å²) in [5.41, 5.74) is 13.1. The molecule has 11 heteroatoms. The topological polar surface area (TPSA) is 162 Å². The third-order valence-corrected chi connectivity index (χ3v) is 7.62. The van der Waals surface area contributed by atoms with Gasteiger partial charge in [0.05, 0.1) is 22.9 Å². The van der Waals surface area contributed by atoms with Crippen molar-refractivity contribution < 1.29 is 14.7 Å². The number of anilines is 1. The van der Waals surface area contributed by atoms with E-state index in [0.29, 0.717) is 52.3 Å². The number of hydrogen-bond donors (Lipinski definition) is 3. The van der Waals surface area contributed by atoms with Gasteiger partial charge in [-0.1, -0.05) is 6.07 Å². The van der Waals surface area contributed by atoms with Gasteiger partial charge < -0.3 is 16.2 Å². The van der Waals surface area contributed by atoms with Gasteiger partial charge in [-0.05, 0) is 78.6 Å². The second-order valence-corrected chi connectivity index (χ2v) is 10.2. The van der Waals surface area contributed by atoms with Crippen LogP contribution in [0.1, 0.15) is 44.3 Å². The Morgan fingerprint density at radius 3 is 2.72 bits per heavy atom. The van der Waals surface area contributed by atoms with E-state index < -0.39 is 0 Å². The lowest BCUT2D eigenvalue weighted by Gasteiger charge is -2.16. The Bertz CT molecular complexity index is 2040. The number of aryl methyl sites for hydroxylation is 1. The maximum absolute atomic E-state index is 13.0. The van der Waals surface area contributed by atoms with Crippen LogP contribution in [0.3, 0.4) is 0 Å². The number of carbonyl (C=O) groups excluding carboxylic acids is 2. The van der Waals surface area contributed by atoms with E-state index in [0.717, 1.165) is 28.8 Å². The molecule has 4 heterocycles. The molecule has 0 spiro atoms. The number of pyridine rings is 2. The van der Waals surface area contributed by atoms with Crippen molar-refractivity contribution in [3.8, 4) is 34.1 Å². The van der Waals surface area contributed by atoms with E-state index in [2.05, 4.69) is 26.3 Å². The Labute approximate surface area is 245 Å². The molecule has 0 unspecified atom stereocenters. The molecule has 6 aromatic rings. The standard InChI is InChI=1S/C32H24N8O3/c33-29-24(2-1-11-36-29)30-38-27-9-8-25(21-14-34-17-35-15-21)37-31(27)40(30)22-5-6-23-18(13-22)3-7-26(23)39-32(43)19-4-10-28(42)20(12-19)16-41/h1-2,4-6,8-17,26,42H,3,7H2,(H2,33,36)(H,39,43)/t26-/m0/s1. The maximum atomic E-state index is 13.0. The Hall–Kier alpha value is -5.97. The summed E-state index contributed by atoms with van der Waals surface area (Å²) in [6, 6.07) is 17.6. The number of amides is 1. The van der Waals surface area contributed by atoms with E-state index in [4.69, 9.17) is 15.7 Å². The van der Waals surface area contributed by atoms with Crippen molar-refractivity contribution in [2.75, 3.05) is 5.73 Å². The summed E-state index contributed by atoms with van der Waals surface area (Å²) in [7, 11) is 0. The van der Waals surface area contributed by atoms with E-state index >= 15 is 0 Å². The molecule has 0 saturated carbocycles. The van der Waals surface area contributed by atoms with Crippen LogP contribution in [-0.4, -0.2) is 46.8 Å². The van der Waals surface area contributed by atoms with Gasteiger partial charge in [0.2, 0.25) is 0 Å². The number of phenols is 1. The van der Waals surface area contributed by atoms with Crippen molar-refractivity contribution in [1.82, 2.24) is 34.8 Å². The smallest absolute Gasteiger partial charge is 0.251 e. The predicted octanol–water partition coefficient (Wildman–Crippen LogP) is 4.46. The van der Waals surface area contributed by atoms with Gasteiger partial charge in [0, 0.05) is 35.4 Å². The van der Waals surface area contributed by atoms with Gasteiger partial charge in [-0.25, -0.2) is 24.9 Å². The lowest BCUT2D eigenvalue weighted by atomic mass is 10.1. The van der Waals surface area contributed by atoms with Gasteiger partial charge in [-0.3, -0.25) is 14.2 Å². The van der Waals surface area contributed by atoms with Crippen LogP contribution >= 0.6 is 0 Å². The summed E-state index contributed by atoms with van der Waals surface area (Å²) >= 11 is 0. The second-order valence-electron chi connectivity index (χ2n) is 10.2. The van der Waals surface area contributed by atoms with E-state index in [-0.39, 0.29) is 23.3 Å². The van der Waals surface area contributed by atoms with Crippen molar-refractivity contribution in [2.45, 2.75) is 18.9 Å². The molecule has 1 amide bonds. The van der Waals surface area contributed by atoms with Crippen LogP contribution in [0.15, 0.2) is 85.6 Å². The lowest BCUT2D eigenvalue weighted by molar-refractivity contribution is 0.0936. The fourth-order valence-electron chi connectivity index (χ4n) is 5.51. The van der Waals surface area contributed by atoms with E-state index in [9.17, 15) is 14.7 Å². The van der Waals surface area contributed by atoms with Crippen LogP contribution in [0.4, 0.5) is 5.82 Å². The molecular formula is C32H24N8O3. The molecule has 4 N–H and O–H groups in total. The normalized spacial score (nSPS) is 14.0. The van der Waals surface area contributed by atoms with Crippen molar-refractivity contribution in [3.05, 3.63) is 108 Å². The molecule has 0 radical (unpaired) electrons. The first-order chi connectivity index (χ1) is 21.0. The first-order valence-electron chi connectivity index (χ1n) is 13.6. The van der Waals surface area contributed by atoms with Gasteiger partial charge >= 0.3 is 0 Å². The van der Waals surface area contributed by atoms with E-state index in [1.807, 2.05) is 41.0 Å². The molecule has 11 nitrogen and oxygen atoms in total. The Kier molecular flexibility index (Phi) is 6.31. The predicted molar refractivity (Wildman–Crippen MR) is 160 cm³/mol. The largest absolute Gasteiger partial charge is 0.507 e. The molecule has 0 saturated heterocycles. The third kappa shape index (κ3) is 4.62. The number of phenolic OH excluding ortho intramolecular Hbond substituents is 1. The molecule has 0 bridgehead atoms. The van der Waals surface area contributed by atoms with E-state index in [1.165, 1.54) is 24.5 Å². The molecule has 43 heavy (non-hydrogen) atoms. The maximum Gasteiger partial charge on any atom is 0.251 e. The average molecular weight is 569 g/mol. The van der Waals surface area contributed by atoms with Crippen molar-refractivity contribution in [1.29, 1.82) is 0 Å². The van der Waals surface area contributed by atoms with Gasteiger partial charge in [0.25, 0.3) is 5.91 Å². The van der Waals surface area contributed by atoms with Crippen molar-refractivity contribution >= 4 is 29.2 Å². The molecule has 4 aromatic heterocycles. The molecule has 7 rings (SSSR count). The summed E-state index contributed by atoms with van der Waals surface area (Å²) in [5.74, 6) is 0.479. The second kappa shape index (κ2) is 10.5. The zero-order valence-corrected chi connectivity index (χ0v) is 22.7. The SMILES string of the molecule is Nc1ncccc1-c1nc2ccc(-c3cncnc3)nc2n1-c1ccc2c(c1)CC[C@@H]2NC(=O)c1ccc(O)c(C=O)c1. The number of aromatic nitrogens is 6. The molecule has 0 fully saturated rings. The monoisotopic (exact) mass is 568 g/mol. The number of aromatic hydroxyl groups is 1. The molecular weight excluding hydrogens is 544 g/mol. The number of nitrogens with two attached hydrogens (primary N) is 1. The quantitative estimate of drug-likeness (QED) is 0.246. The van der Waals surface area contributed by atoms with Gasteiger partial charge in [0.15, 0.2) is 17.8 Å². The number of benzene rings is 2. The first-order valence-corrected chi connectivity index (χ1v) is 13.6. The van der Waals surface area contributed by atoms with Crippen molar-refractivity contribution in [3.63, 3.8) is 0 Å². The molecule has 210 valence electrons. The number of nitrogens with zero attached hydrogens (tertiary/aromatic N) is 6. The Morgan fingerprint density at radius 2 is 1.91 bits per heavy atom. The minimum absolute atomic E-state index is 0.0679. The zero-order chi connectivity index (χ0) is 29.5. The first kappa shape index (κ1) is 26.0. The number of nitrogen functional groups attached to an aromatic ring is 1. The lowest BCUT2D eigenvalue weighted by Crippen LogP contribution is -2.27. The number of aldehydes is 1. The fraction of sp³-hybridized carbons (Fsp3) is 0.0938. The average Bonchev–Trinajstić information content (AvgIpc) is 3.62. The highest BCUT2D eigenvalue weighted by Gasteiger charge is 2.26.